The fourth-order valence-electron chi connectivity index (χ4n) is 4.77. The van der Waals surface area contributed by atoms with E-state index in [1.54, 1.807) is 0 Å². The van der Waals surface area contributed by atoms with E-state index in [-0.39, 0.29) is 18.2 Å². The molecular weight excluding hydrogens is 458 g/mol. The van der Waals surface area contributed by atoms with Gasteiger partial charge in [0, 0.05) is 30.7 Å². The lowest BCUT2D eigenvalue weighted by Gasteiger charge is -2.44. The SMILES string of the molecule is CC(C)(C)P(CC1C=C([Si](C)(C)C)C=C1C(P)(c1ncccn1)c1ncccn1)C(C)(C)C. The van der Waals surface area contributed by atoms with Gasteiger partial charge in [-0.3, -0.25) is 0 Å². The van der Waals surface area contributed by atoms with Gasteiger partial charge in [0.15, 0.2) is 0 Å². The molecule has 0 bridgehead atoms. The molecule has 178 valence electrons. The maximum absolute atomic E-state index is 4.71. The molecule has 4 nitrogen and oxygen atoms in total. The molecule has 2 unspecified atom stereocenters. The molecule has 3 rings (SSSR count). The Bertz CT molecular complexity index is 963. The van der Waals surface area contributed by atoms with Crippen LogP contribution < -0.4 is 0 Å². The van der Waals surface area contributed by atoms with Crippen LogP contribution in [-0.4, -0.2) is 44.5 Å². The molecule has 2 heterocycles. The Morgan fingerprint density at radius 2 is 1.24 bits per heavy atom. The number of rotatable bonds is 6. The van der Waals surface area contributed by atoms with E-state index in [9.17, 15) is 0 Å². The zero-order chi connectivity index (χ0) is 24.7. The summed E-state index contributed by atoms with van der Waals surface area (Å²) in [6.45, 7) is 21.7. The standard InChI is InChI=1S/C26H40N4P2Si/c1-24(2,3)32(25(4,5)6)18-19-16-20(33(7,8)9)17-21(19)26(31,22-27-12-10-13-28-22)23-29-14-11-15-30-23/h10-17,19H,18,31H2,1-9H3. The average Bonchev–Trinajstić information content (AvgIpc) is 3.16. The molecule has 1 aliphatic carbocycles. The van der Waals surface area contributed by atoms with Gasteiger partial charge in [0.05, 0.1) is 8.07 Å². The van der Waals surface area contributed by atoms with Crippen molar-refractivity contribution in [2.24, 2.45) is 5.92 Å². The van der Waals surface area contributed by atoms with Gasteiger partial charge >= 0.3 is 0 Å². The van der Waals surface area contributed by atoms with Crippen LogP contribution in [-0.2, 0) is 5.16 Å². The second-order valence-electron chi connectivity index (χ2n) is 12.0. The van der Waals surface area contributed by atoms with Crippen molar-refractivity contribution in [3.05, 3.63) is 71.5 Å². The molecule has 2 aromatic rings. The summed E-state index contributed by atoms with van der Waals surface area (Å²) >= 11 is 0. The Hall–Kier alpha value is -1.28. The van der Waals surface area contributed by atoms with Crippen LogP contribution in [0.1, 0.15) is 53.2 Å². The van der Waals surface area contributed by atoms with Gasteiger partial charge in [0.1, 0.15) is 16.8 Å². The molecule has 0 fully saturated rings. The molecule has 2 aromatic heterocycles. The summed E-state index contributed by atoms with van der Waals surface area (Å²) in [6.07, 6.45) is 13.4. The first kappa shape index (κ1) is 26.3. The van der Waals surface area contributed by atoms with Gasteiger partial charge in [-0.2, -0.15) is 0 Å². The van der Waals surface area contributed by atoms with Crippen LogP contribution in [0.15, 0.2) is 59.8 Å². The molecular formula is C26H40N4P2Si. The molecule has 1 aliphatic rings. The Labute approximate surface area is 205 Å². The fraction of sp³-hybridized carbons (Fsp3) is 0.538. The summed E-state index contributed by atoms with van der Waals surface area (Å²) in [4.78, 5) is 18.8. The summed E-state index contributed by atoms with van der Waals surface area (Å²) in [6, 6.07) is 3.73. The molecule has 0 amide bonds. The largest absolute Gasteiger partial charge is 0.240 e. The van der Waals surface area contributed by atoms with E-state index in [4.69, 9.17) is 19.9 Å². The maximum Gasteiger partial charge on any atom is 0.149 e. The van der Waals surface area contributed by atoms with Crippen LogP contribution in [0.4, 0.5) is 0 Å². The van der Waals surface area contributed by atoms with Crippen molar-refractivity contribution in [3.8, 4) is 0 Å². The molecule has 0 radical (unpaired) electrons. The first-order valence-corrected chi connectivity index (χ1v) is 17.3. The molecule has 0 spiro atoms. The second kappa shape index (κ2) is 9.40. The van der Waals surface area contributed by atoms with Crippen LogP contribution in [0.2, 0.25) is 19.6 Å². The van der Waals surface area contributed by atoms with E-state index >= 15 is 0 Å². The molecule has 0 aliphatic heterocycles. The molecule has 7 heteroatoms. The summed E-state index contributed by atoms with van der Waals surface area (Å²) in [5.74, 6) is 1.78. The fourth-order valence-corrected chi connectivity index (χ4v) is 10.5. The van der Waals surface area contributed by atoms with Crippen molar-refractivity contribution in [1.29, 1.82) is 0 Å². The quantitative estimate of drug-likeness (QED) is 0.324. The van der Waals surface area contributed by atoms with Crippen molar-refractivity contribution in [2.45, 2.75) is 76.7 Å². The van der Waals surface area contributed by atoms with Crippen molar-refractivity contribution in [1.82, 2.24) is 19.9 Å². The second-order valence-corrected chi connectivity index (χ2v) is 21.8. The van der Waals surface area contributed by atoms with Crippen LogP contribution in [0.25, 0.3) is 0 Å². The highest BCUT2D eigenvalue weighted by molar-refractivity contribution is 7.60. The van der Waals surface area contributed by atoms with Crippen molar-refractivity contribution < 1.29 is 0 Å². The van der Waals surface area contributed by atoms with E-state index in [2.05, 4.69) is 82.6 Å². The van der Waals surface area contributed by atoms with Crippen molar-refractivity contribution in [2.75, 3.05) is 6.16 Å². The van der Waals surface area contributed by atoms with Crippen molar-refractivity contribution in [3.63, 3.8) is 0 Å². The number of nitrogens with zero attached hydrogens (tertiary/aromatic N) is 4. The summed E-state index contributed by atoms with van der Waals surface area (Å²) in [5.41, 5.74) is 1.31. The minimum atomic E-state index is -1.53. The Balaban J connectivity index is 2.21. The third kappa shape index (κ3) is 5.69. The molecule has 2 atom stereocenters. The molecule has 0 aromatic carbocycles. The molecule has 0 saturated heterocycles. The summed E-state index contributed by atoms with van der Waals surface area (Å²) in [7, 11) is 1.25. The zero-order valence-electron chi connectivity index (χ0n) is 21.7. The third-order valence-electron chi connectivity index (χ3n) is 6.25. The monoisotopic (exact) mass is 498 g/mol. The molecule has 0 N–H and O–H groups in total. The van der Waals surface area contributed by atoms with Crippen molar-refractivity contribution >= 4 is 25.2 Å². The van der Waals surface area contributed by atoms with Gasteiger partial charge in [-0.15, -0.1) is 9.24 Å². The lowest BCUT2D eigenvalue weighted by atomic mass is 9.88. The lowest BCUT2D eigenvalue weighted by Crippen LogP contribution is -2.34. The first-order valence-electron chi connectivity index (χ1n) is 11.7. The summed E-state index contributed by atoms with van der Waals surface area (Å²) in [5, 5.41) is 1.34. The predicted molar refractivity (Wildman–Crippen MR) is 149 cm³/mol. The number of hydrogen-bond donors (Lipinski definition) is 0. The third-order valence-corrected chi connectivity index (χ3v) is 13.1. The van der Waals surface area contributed by atoms with Gasteiger partial charge in [-0.1, -0.05) is 86.5 Å². The van der Waals surface area contributed by atoms with Gasteiger partial charge in [0.25, 0.3) is 0 Å². The maximum atomic E-state index is 4.71. The number of hydrogen-bond acceptors (Lipinski definition) is 4. The Morgan fingerprint density at radius 3 is 1.61 bits per heavy atom. The Morgan fingerprint density at radius 1 is 0.818 bits per heavy atom. The normalized spacial score (nSPS) is 17.8. The lowest BCUT2D eigenvalue weighted by molar-refractivity contribution is 0.643. The highest BCUT2D eigenvalue weighted by Crippen LogP contribution is 2.62. The van der Waals surface area contributed by atoms with Crippen LogP contribution >= 0.6 is 17.2 Å². The van der Waals surface area contributed by atoms with E-state index in [1.165, 1.54) is 10.8 Å². The minimum absolute atomic E-state index is 0.254. The van der Waals surface area contributed by atoms with Crippen LogP contribution in [0.3, 0.4) is 0 Å². The highest BCUT2D eigenvalue weighted by Gasteiger charge is 2.46. The van der Waals surface area contributed by atoms with E-state index in [0.29, 0.717) is 5.92 Å². The van der Waals surface area contributed by atoms with Gasteiger partial charge < -0.3 is 0 Å². The number of allylic oxidation sites excluding steroid dienone is 4. The minimum Gasteiger partial charge on any atom is -0.240 e. The first-order chi connectivity index (χ1) is 15.1. The highest BCUT2D eigenvalue weighted by atomic mass is 31.1. The van der Waals surface area contributed by atoms with Crippen LogP contribution in [0, 0.1) is 5.92 Å². The molecule has 0 saturated carbocycles. The topological polar surface area (TPSA) is 51.6 Å². The van der Waals surface area contributed by atoms with E-state index in [0.717, 1.165) is 17.8 Å². The summed E-state index contributed by atoms with van der Waals surface area (Å²) < 4.78 is 0. The smallest absolute Gasteiger partial charge is 0.149 e. The van der Waals surface area contributed by atoms with Crippen LogP contribution in [0.5, 0.6) is 0 Å². The van der Waals surface area contributed by atoms with E-state index in [1.807, 2.05) is 36.9 Å². The van der Waals surface area contributed by atoms with Gasteiger partial charge in [0.2, 0.25) is 0 Å². The molecule has 33 heavy (non-hydrogen) atoms. The Kier molecular flexibility index (Phi) is 7.50. The predicted octanol–water partition coefficient (Wildman–Crippen LogP) is 6.82. The van der Waals surface area contributed by atoms with Gasteiger partial charge in [-0.05, 0) is 34.2 Å². The van der Waals surface area contributed by atoms with Gasteiger partial charge in [-0.25, -0.2) is 19.9 Å². The zero-order valence-corrected chi connectivity index (χ0v) is 24.8. The average molecular weight is 499 g/mol. The van der Waals surface area contributed by atoms with E-state index < -0.39 is 13.2 Å². The number of aromatic nitrogens is 4.